The minimum atomic E-state index is -4.94. The number of hydrogen-bond acceptors (Lipinski definition) is 4. The van der Waals surface area contributed by atoms with Crippen LogP contribution in [0.1, 0.15) is 24.5 Å². The lowest BCUT2D eigenvalue weighted by Gasteiger charge is -2.43. The van der Waals surface area contributed by atoms with Gasteiger partial charge in [-0.05, 0) is 30.0 Å². The van der Waals surface area contributed by atoms with Crippen LogP contribution in [0.5, 0.6) is 11.5 Å². The number of likely N-dealkylation sites (tertiary alicyclic amines) is 1. The first-order chi connectivity index (χ1) is 15.2. The highest BCUT2D eigenvalue weighted by Gasteiger charge is 2.46. The van der Waals surface area contributed by atoms with Crippen LogP contribution in [0.3, 0.4) is 0 Å². The van der Waals surface area contributed by atoms with Gasteiger partial charge < -0.3 is 14.4 Å². The van der Waals surface area contributed by atoms with E-state index in [1.165, 1.54) is 14.2 Å². The molecular weight excluding hydrogens is 421 g/mol. The lowest BCUT2D eigenvalue weighted by atomic mass is 9.91. The molecule has 0 aromatic heterocycles. The summed E-state index contributed by atoms with van der Waals surface area (Å²) in [7, 11) is 2.94. The highest BCUT2D eigenvalue weighted by molar-refractivity contribution is 5.82. The van der Waals surface area contributed by atoms with Crippen LogP contribution in [0.4, 0.5) is 13.2 Å². The van der Waals surface area contributed by atoms with Crippen LogP contribution in [0.2, 0.25) is 0 Å². The molecule has 1 saturated heterocycles. The molecule has 8 heteroatoms. The zero-order chi connectivity index (χ0) is 23.3. The highest BCUT2D eigenvalue weighted by atomic mass is 19.4. The summed E-state index contributed by atoms with van der Waals surface area (Å²) in [4.78, 5) is 15.6. The van der Waals surface area contributed by atoms with Gasteiger partial charge in [0, 0.05) is 43.9 Å². The minimum Gasteiger partial charge on any atom is -0.497 e. The van der Waals surface area contributed by atoms with Gasteiger partial charge in [0.05, 0.1) is 14.2 Å². The van der Waals surface area contributed by atoms with E-state index in [1.807, 2.05) is 37.3 Å². The molecule has 1 heterocycles. The second kappa shape index (κ2) is 10.3. The number of alkyl halides is 3. The van der Waals surface area contributed by atoms with E-state index in [0.29, 0.717) is 36.6 Å². The topological polar surface area (TPSA) is 42.0 Å². The zero-order valence-corrected chi connectivity index (χ0v) is 18.6. The summed E-state index contributed by atoms with van der Waals surface area (Å²) >= 11 is 0. The predicted octanol–water partition coefficient (Wildman–Crippen LogP) is 4.51. The van der Waals surface area contributed by atoms with Crippen molar-refractivity contribution in [3.05, 3.63) is 59.7 Å². The van der Waals surface area contributed by atoms with Crippen molar-refractivity contribution >= 4 is 5.91 Å². The number of nitrogens with zero attached hydrogens (tertiary/aromatic N) is 2. The molecular formula is C24H29F3N2O3. The van der Waals surface area contributed by atoms with Gasteiger partial charge in [0.25, 0.3) is 0 Å². The van der Waals surface area contributed by atoms with E-state index < -0.39 is 18.1 Å². The summed E-state index contributed by atoms with van der Waals surface area (Å²) in [6, 6.07) is 14.3. The minimum absolute atomic E-state index is 0.122. The Bertz CT molecular complexity index is 905. The molecule has 0 saturated carbocycles. The number of carbonyl (C=O) groups excluding carboxylic acids is 1. The molecule has 2 aromatic rings. The Kier molecular flexibility index (Phi) is 7.66. The average Bonchev–Trinajstić information content (AvgIpc) is 2.77. The molecule has 5 nitrogen and oxygen atoms in total. The molecule has 0 aliphatic carbocycles. The number of benzene rings is 2. The van der Waals surface area contributed by atoms with Crippen LogP contribution in [-0.4, -0.2) is 55.2 Å². The lowest BCUT2D eigenvalue weighted by Crippen LogP contribution is -2.54. The van der Waals surface area contributed by atoms with Gasteiger partial charge in [0.1, 0.15) is 11.5 Å². The van der Waals surface area contributed by atoms with Crippen LogP contribution in [0.25, 0.3) is 0 Å². The summed E-state index contributed by atoms with van der Waals surface area (Å²) in [6.45, 7) is 3.69. The first-order valence-corrected chi connectivity index (χ1v) is 10.6. The third-order valence-corrected chi connectivity index (χ3v) is 5.93. The van der Waals surface area contributed by atoms with Crippen molar-refractivity contribution < 1.29 is 27.4 Å². The van der Waals surface area contributed by atoms with Gasteiger partial charge in [0.15, 0.2) is 0 Å². The molecule has 0 radical (unpaired) electrons. The van der Waals surface area contributed by atoms with E-state index in [2.05, 4.69) is 4.90 Å². The van der Waals surface area contributed by atoms with Crippen molar-refractivity contribution in [2.45, 2.75) is 38.7 Å². The molecule has 0 N–H and O–H groups in total. The smallest absolute Gasteiger partial charge is 0.471 e. The second-order valence-electron chi connectivity index (χ2n) is 8.16. The van der Waals surface area contributed by atoms with Crippen molar-refractivity contribution in [1.82, 2.24) is 9.80 Å². The van der Waals surface area contributed by atoms with Gasteiger partial charge in [-0.3, -0.25) is 9.69 Å². The average molecular weight is 451 g/mol. The molecule has 3 rings (SSSR count). The van der Waals surface area contributed by atoms with Crippen molar-refractivity contribution in [3.8, 4) is 11.5 Å². The molecule has 1 aliphatic rings. The first-order valence-electron chi connectivity index (χ1n) is 10.6. The Morgan fingerprint density at radius 3 is 2.44 bits per heavy atom. The van der Waals surface area contributed by atoms with Crippen LogP contribution < -0.4 is 9.47 Å². The Labute approximate surface area is 186 Å². The standard InChI is InChI=1S/C24H29F3N2O3/c1-17-14-28(15-18-7-5-4-6-8-18)12-11-21(17)29(23(30)24(25,26)27)16-19-9-10-20(31-2)13-22(19)32-3/h4-10,13,17,21H,11-12,14-16H2,1-3H3/t17-,21-/m1/s1. The number of ether oxygens (including phenoxy) is 2. The van der Waals surface area contributed by atoms with Crippen molar-refractivity contribution in [2.75, 3.05) is 27.3 Å². The number of piperidine rings is 1. The molecule has 32 heavy (non-hydrogen) atoms. The Balaban J connectivity index is 1.80. The van der Waals surface area contributed by atoms with Gasteiger partial charge in [-0.2, -0.15) is 13.2 Å². The maximum absolute atomic E-state index is 13.5. The third kappa shape index (κ3) is 5.73. The molecule has 1 amide bonds. The quantitative estimate of drug-likeness (QED) is 0.623. The fourth-order valence-electron chi connectivity index (χ4n) is 4.34. The summed E-state index contributed by atoms with van der Waals surface area (Å²) in [6.07, 6.45) is -4.48. The van der Waals surface area contributed by atoms with E-state index in [0.717, 1.165) is 17.0 Å². The van der Waals surface area contributed by atoms with Crippen LogP contribution in [0.15, 0.2) is 48.5 Å². The molecule has 1 aliphatic heterocycles. The maximum atomic E-state index is 13.5. The molecule has 0 unspecified atom stereocenters. The Morgan fingerprint density at radius 1 is 1.12 bits per heavy atom. The summed E-state index contributed by atoms with van der Waals surface area (Å²) in [5, 5.41) is 0. The SMILES string of the molecule is COc1ccc(CN(C(=O)C(F)(F)F)[C@@H]2CCN(Cc3ccccc3)C[C@H]2C)c(OC)c1. The van der Waals surface area contributed by atoms with Gasteiger partial charge in [-0.1, -0.05) is 37.3 Å². The van der Waals surface area contributed by atoms with Crippen molar-refractivity contribution in [3.63, 3.8) is 0 Å². The van der Waals surface area contributed by atoms with E-state index in [9.17, 15) is 18.0 Å². The largest absolute Gasteiger partial charge is 0.497 e. The maximum Gasteiger partial charge on any atom is 0.471 e. The van der Waals surface area contributed by atoms with E-state index in [-0.39, 0.29) is 12.5 Å². The fraction of sp³-hybridized carbons (Fsp3) is 0.458. The molecule has 2 aromatic carbocycles. The van der Waals surface area contributed by atoms with Gasteiger partial charge in [0.2, 0.25) is 0 Å². The van der Waals surface area contributed by atoms with Crippen molar-refractivity contribution in [2.24, 2.45) is 5.92 Å². The Hall–Kier alpha value is -2.74. The van der Waals surface area contributed by atoms with Crippen LogP contribution in [-0.2, 0) is 17.9 Å². The normalized spacial score (nSPS) is 19.4. The summed E-state index contributed by atoms with van der Waals surface area (Å²) in [5.41, 5.74) is 1.66. The lowest BCUT2D eigenvalue weighted by molar-refractivity contribution is -0.190. The van der Waals surface area contributed by atoms with Crippen molar-refractivity contribution in [1.29, 1.82) is 0 Å². The fourth-order valence-corrected chi connectivity index (χ4v) is 4.34. The number of hydrogen-bond donors (Lipinski definition) is 0. The third-order valence-electron chi connectivity index (χ3n) is 5.93. The summed E-state index contributed by atoms with van der Waals surface area (Å²) < 4.78 is 51.0. The monoisotopic (exact) mass is 450 g/mol. The summed E-state index contributed by atoms with van der Waals surface area (Å²) in [5.74, 6) is -1.02. The van der Waals surface area contributed by atoms with E-state index >= 15 is 0 Å². The van der Waals surface area contributed by atoms with E-state index in [4.69, 9.17) is 9.47 Å². The first kappa shape index (κ1) is 23.9. The number of methoxy groups -OCH3 is 2. The van der Waals surface area contributed by atoms with Crippen LogP contribution >= 0.6 is 0 Å². The molecule has 2 atom stereocenters. The van der Waals surface area contributed by atoms with Gasteiger partial charge in [-0.15, -0.1) is 0 Å². The second-order valence-corrected chi connectivity index (χ2v) is 8.16. The molecule has 1 fully saturated rings. The molecule has 0 bridgehead atoms. The predicted molar refractivity (Wildman–Crippen MR) is 115 cm³/mol. The van der Waals surface area contributed by atoms with Gasteiger partial charge in [-0.25, -0.2) is 0 Å². The number of amides is 1. The number of halogens is 3. The molecule has 174 valence electrons. The highest BCUT2D eigenvalue weighted by Crippen LogP contribution is 2.32. The molecule has 0 spiro atoms. The zero-order valence-electron chi connectivity index (χ0n) is 18.6. The van der Waals surface area contributed by atoms with Gasteiger partial charge >= 0.3 is 12.1 Å². The number of rotatable bonds is 7. The number of carbonyl (C=O) groups is 1. The van der Waals surface area contributed by atoms with E-state index in [1.54, 1.807) is 18.2 Å². The Morgan fingerprint density at radius 2 is 1.84 bits per heavy atom. The van der Waals surface area contributed by atoms with Crippen LogP contribution in [0, 0.1) is 5.92 Å².